The highest BCUT2D eigenvalue weighted by Crippen LogP contribution is 2.17. The summed E-state index contributed by atoms with van der Waals surface area (Å²) in [6.45, 7) is 4.28. The fraction of sp³-hybridized carbons (Fsp3) is 1.00. The summed E-state index contributed by atoms with van der Waals surface area (Å²) < 4.78 is 30.8. The first kappa shape index (κ1) is 14.9. The monoisotopic (exact) mass is 263 g/mol. The molecule has 0 saturated carbocycles. The second-order valence-corrected chi connectivity index (χ2v) is 7.05. The van der Waals surface area contributed by atoms with Gasteiger partial charge in [0.25, 0.3) is 0 Å². The van der Waals surface area contributed by atoms with E-state index in [2.05, 4.69) is 6.92 Å². The molecule has 1 saturated heterocycles. The van der Waals surface area contributed by atoms with Crippen LogP contribution in [-0.2, 0) is 14.8 Å². The van der Waals surface area contributed by atoms with Crippen molar-refractivity contribution in [3.63, 3.8) is 0 Å². The van der Waals surface area contributed by atoms with Gasteiger partial charge in [0.1, 0.15) is 0 Å². The van der Waals surface area contributed by atoms with Gasteiger partial charge >= 0.3 is 0 Å². The van der Waals surface area contributed by atoms with Crippen LogP contribution in [0.4, 0.5) is 0 Å². The first-order valence-electron chi connectivity index (χ1n) is 6.58. The number of sulfonamides is 1. The van der Waals surface area contributed by atoms with Crippen LogP contribution in [0.15, 0.2) is 0 Å². The molecule has 0 aromatic heterocycles. The van der Waals surface area contributed by atoms with Crippen molar-refractivity contribution < 1.29 is 13.2 Å². The lowest BCUT2D eigenvalue weighted by atomic mass is 10.0. The summed E-state index contributed by atoms with van der Waals surface area (Å²) in [5.41, 5.74) is 0. The number of unbranched alkanes of at least 4 members (excludes halogenated alkanes) is 2. The smallest absolute Gasteiger partial charge is 0.213 e. The Morgan fingerprint density at radius 1 is 1.24 bits per heavy atom. The van der Waals surface area contributed by atoms with Crippen LogP contribution in [0, 0.1) is 5.92 Å². The summed E-state index contributed by atoms with van der Waals surface area (Å²) in [7, 11) is -1.33. The Balaban J connectivity index is 2.36. The van der Waals surface area contributed by atoms with Crippen LogP contribution < -0.4 is 0 Å². The third kappa shape index (κ3) is 5.36. The third-order valence-electron chi connectivity index (χ3n) is 3.34. The zero-order valence-corrected chi connectivity index (χ0v) is 11.8. The zero-order chi connectivity index (χ0) is 12.7. The molecule has 0 amide bonds. The maximum Gasteiger partial charge on any atom is 0.213 e. The second-order valence-electron chi connectivity index (χ2n) is 4.86. The van der Waals surface area contributed by atoms with Crippen LogP contribution in [-0.4, -0.2) is 45.3 Å². The quantitative estimate of drug-likeness (QED) is 0.659. The van der Waals surface area contributed by atoms with E-state index in [1.807, 2.05) is 0 Å². The molecule has 1 fully saturated rings. The van der Waals surface area contributed by atoms with Crippen LogP contribution >= 0.6 is 0 Å². The highest BCUT2D eigenvalue weighted by atomic mass is 32.2. The van der Waals surface area contributed by atoms with Gasteiger partial charge in [0.2, 0.25) is 10.0 Å². The minimum Gasteiger partial charge on any atom is -0.381 e. The van der Waals surface area contributed by atoms with Crippen molar-refractivity contribution in [1.82, 2.24) is 4.31 Å². The minimum atomic E-state index is -3.04. The molecule has 1 aliphatic rings. The lowest BCUT2D eigenvalue weighted by Crippen LogP contribution is -2.35. The molecule has 5 heteroatoms. The predicted molar refractivity (Wildman–Crippen MR) is 69.5 cm³/mol. The molecule has 0 aromatic carbocycles. The molecule has 1 rings (SSSR count). The maximum atomic E-state index is 12.0. The van der Waals surface area contributed by atoms with Crippen molar-refractivity contribution in [2.45, 2.75) is 39.0 Å². The number of hydrogen-bond donors (Lipinski definition) is 0. The van der Waals surface area contributed by atoms with Gasteiger partial charge in [0.05, 0.1) is 5.75 Å². The van der Waals surface area contributed by atoms with Crippen molar-refractivity contribution in [3.05, 3.63) is 0 Å². The number of ether oxygens (including phenoxy) is 1. The van der Waals surface area contributed by atoms with Crippen molar-refractivity contribution >= 4 is 10.0 Å². The summed E-state index contributed by atoms with van der Waals surface area (Å²) in [5.74, 6) is 0.760. The Morgan fingerprint density at radius 2 is 1.88 bits per heavy atom. The van der Waals surface area contributed by atoms with Crippen LogP contribution in [0.3, 0.4) is 0 Å². The zero-order valence-electron chi connectivity index (χ0n) is 11.0. The molecule has 0 spiro atoms. The van der Waals surface area contributed by atoms with E-state index in [4.69, 9.17) is 4.74 Å². The van der Waals surface area contributed by atoms with Crippen LogP contribution in [0.5, 0.6) is 0 Å². The topological polar surface area (TPSA) is 46.6 Å². The molecule has 0 atom stereocenters. The lowest BCUT2D eigenvalue weighted by Gasteiger charge is -2.26. The van der Waals surface area contributed by atoms with E-state index in [0.29, 0.717) is 18.2 Å². The largest absolute Gasteiger partial charge is 0.381 e. The van der Waals surface area contributed by atoms with Gasteiger partial charge in [0, 0.05) is 26.8 Å². The average molecular weight is 263 g/mol. The van der Waals surface area contributed by atoms with E-state index in [9.17, 15) is 8.42 Å². The summed E-state index contributed by atoms with van der Waals surface area (Å²) in [6, 6.07) is 0. The first-order chi connectivity index (χ1) is 8.06. The summed E-state index contributed by atoms with van der Waals surface area (Å²) >= 11 is 0. The van der Waals surface area contributed by atoms with Crippen LogP contribution in [0.2, 0.25) is 0 Å². The molecule has 102 valence electrons. The minimum absolute atomic E-state index is 0.292. The third-order valence-corrected chi connectivity index (χ3v) is 5.24. The molecule has 0 aliphatic carbocycles. The van der Waals surface area contributed by atoms with E-state index < -0.39 is 10.0 Å². The van der Waals surface area contributed by atoms with Gasteiger partial charge in [-0.05, 0) is 25.2 Å². The number of rotatable bonds is 7. The van der Waals surface area contributed by atoms with Crippen molar-refractivity contribution in [2.24, 2.45) is 5.92 Å². The molecule has 0 radical (unpaired) electrons. The van der Waals surface area contributed by atoms with Gasteiger partial charge in [-0.25, -0.2) is 12.7 Å². The van der Waals surface area contributed by atoms with Gasteiger partial charge in [-0.15, -0.1) is 0 Å². The van der Waals surface area contributed by atoms with Gasteiger partial charge in [-0.1, -0.05) is 19.8 Å². The molecule has 0 bridgehead atoms. The normalized spacial score (nSPS) is 18.8. The molecule has 0 unspecified atom stereocenters. The number of hydrogen-bond acceptors (Lipinski definition) is 3. The predicted octanol–water partition coefficient (Wildman–Crippen LogP) is 1.86. The highest BCUT2D eigenvalue weighted by Gasteiger charge is 2.22. The van der Waals surface area contributed by atoms with Gasteiger partial charge < -0.3 is 4.74 Å². The van der Waals surface area contributed by atoms with E-state index in [-0.39, 0.29) is 0 Å². The average Bonchev–Trinajstić information content (AvgIpc) is 2.30. The molecular formula is C12H25NO3S. The molecular weight excluding hydrogens is 238 g/mol. The summed E-state index contributed by atoms with van der Waals surface area (Å²) in [5, 5.41) is 0. The van der Waals surface area contributed by atoms with Gasteiger partial charge in [-0.3, -0.25) is 0 Å². The second kappa shape index (κ2) is 7.34. The Labute approximate surface area is 105 Å². The Kier molecular flexibility index (Phi) is 6.44. The molecule has 0 aromatic rings. The van der Waals surface area contributed by atoms with E-state index in [0.717, 1.165) is 45.3 Å². The SMILES string of the molecule is CCCCCS(=O)(=O)N(C)CC1CCOCC1. The van der Waals surface area contributed by atoms with Crippen LogP contribution in [0.25, 0.3) is 0 Å². The van der Waals surface area contributed by atoms with Crippen LogP contribution in [0.1, 0.15) is 39.0 Å². The molecule has 0 N–H and O–H groups in total. The Bertz CT molecular complexity index is 297. The van der Waals surface area contributed by atoms with Gasteiger partial charge in [0.15, 0.2) is 0 Å². The van der Waals surface area contributed by atoms with Crippen molar-refractivity contribution in [2.75, 3.05) is 32.6 Å². The van der Waals surface area contributed by atoms with E-state index in [1.54, 1.807) is 11.4 Å². The summed E-state index contributed by atoms with van der Waals surface area (Å²) in [4.78, 5) is 0. The molecule has 17 heavy (non-hydrogen) atoms. The number of nitrogens with zero attached hydrogens (tertiary/aromatic N) is 1. The Morgan fingerprint density at radius 3 is 2.47 bits per heavy atom. The van der Waals surface area contributed by atoms with Gasteiger partial charge in [-0.2, -0.15) is 0 Å². The standard InChI is InChI=1S/C12H25NO3S/c1-3-4-5-10-17(14,15)13(2)11-12-6-8-16-9-7-12/h12H,3-11H2,1-2H3. The molecule has 1 aliphatic heterocycles. The van der Waals surface area contributed by atoms with Crippen molar-refractivity contribution in [1.29, 1.82) is 0 Å². The highest BCUT2D eigenvalue weighted by molar-refractivity contribution is 7.89. The van der Waals surface area contributed by atoms with Crippen molar-refractivity contribution in [3.8, 4) is 0 Å². The Hall–Kier alpha value is -0.130. The molecule has 4 nitrogen and oxygen atoms in total. The first-order valence-corrected chi connectivity index (χ1v) is 8.19. The molecule has 1 heterocycles. The van der Waals surface area contributed by atoms with E-state index in [1.165, 1.54) is 0 Å². The lowest BCUT2D eigenvalue weighted by molar-refractivity contribution is 0.0620. The van der Waals surface area contributed by atoms with E-state index >= 15 is 0 Å². The summed E-state index contributed by atoms with van der Waals surface area (Å²) in [6.07, 6.45) is 4.78. The fourth-order valence-corrected chi connectivity index (χ4v) is 3.41. The maximum absolute atomic E-state index is 12.0. The fourth-order valence-electron chi connectivity index (χ4n) is 2.10.